The molecule has 0 saturated carbocycles. The molecule has 0 atom stereocenters. The van der Waals surface area contributed by atoms with E-state index < -0.39 is 5.91 Å². The molecule has 0 saturated heterocycles. The van der Waals surface area contributed by atoms with Crippen molar-refractivity contribution in [2.24, 2.45) is 5.73 Å². The Morgan fingerprint density at radius 1 is 1.04 bits per heavy atom. The van der Waals surface area contributed by atoms with E-state index in [0.29, 0.717) is 17.0 Å². The first-order chi connectivity index (χ1) is 13.0. The van der Waals surface area contributed by atoms with Crippen molar-refractivity contribution in [3.8, 4) is 11.4 Å². The number of carbonyl (C=O) groups excluding carboxylic acids is 2. The quantitative estimate of drug-likeness (QED) is 0.649. The van der Waals surface area contributed by atoms with Crippen LogP contribution in [0, 0.1) is 0 Å². The summed E-state index contributed by atoms with van der Waals surface area (Å²) < 4.78 is 12.4. The number of ether oxygens (including phenoxy) is 2. The second-order valence-corrected chi connectivity index (χ2v) is 5.83. The highest BCUT2D eigenvalue weighted by Crippen LogP contribution is 2.19. The van der Waals surface area contributed by atoms with Gasteiger partial charge in [0.25, 0.3) is 5.91 Å². The standard InChI is InChI=1S/C20H19N3O4/c1-14(24)26-12-15-7-9-17(10-8-15)27-13-19-18(20(21)25)11-22-23(19)16-5-3-2-4-6-16/h2-11H,12-13H2,1H3,(H2,21,25). The molecule has 0 spiro atoms. The summed E-state index contributed by atoms with van der Waals surface area (Å²) in [6.07, 6.45) is 1.44. The third-order valence-electron chi connectivity index (χ3n) is 3.88. The molecule has 0 radical (unpaired) electrons. The molecule has 1 aromatic heterocycles. The van der Waals surface area contributed by atoms with Gasteiger partial charge in [0.2, 0.25) is 0 Å². The van der Waals surface area contributed by atoms with Crippen LogP contribution in [0.3, 0.4) is 0 Å². The average Bonchev–Trinajstić information content (AvgIpc) is 3.10. The second kappa shape index (κ2) is 8.18. The number of amides is 1. The molecule has 0 aliphatic heterocycles. The molecular formula is C20H19N3O4. The molecule has 2 N–H and O–H groups in total. The van der Waals surface area contributed by atoms with Crippen LogP contribution in [0.5, 0.6) is 5.75 Å². The molecule has 2 aromatic carbocycles. The summed E-state index contributed by atoms with van der Waals surface area (Å²) in [6.45, 7) is 1.70. The molecule has 138 valence electrons. The summed E-state index contributed by atoms with van der Waals surface area (Å²) in [7, 11) is 0. The lowest BCUT2D eigenvalue weighted by atomic mass is 10.2. The number of benzene rings is 2. The zero-order chi connectivity index (χ0) is 19.2. The Morgan fingerprint density at radius 2 is 1.74 bits per heavy atom. The maximum Gasteiger partial charge on any atom is 0.302 e. The van der Waals surface area contributed by atoms with Crippen molar-refractivity contribution in [3.05, 3.63) is 77.6 Å². The third-order valence-corrected chi connectivity index (χ3v) is 3.88. The zero-order valence-corrected chi connectivity index (χ0v) is 14.8. The van der Waals surface area contributed by atoms with Gasteiger partial charge in [-0.05, 0) is 29.8 Å². The largest absolute Gasteiger partial charge is 0.487 e. The van der Waals surface area contributed by atoms with Gasteiger partial charge < -0.3 is 15.2 Å². The van der Waals surface area contributed by atoms with E-state index in [1.165, 1.54) is 13.1 Å². The van der Waals surface area contributed by atoms with E-state index in [1.807, 2.05) is 42.5 Å². The van der Waals surface area contributed by atoms with E-state index in [9.17, 15) is 9.59 Å². The van der Waals surface area contributed by atoms with Crippen LogP contribution in [0.4, 0.5) is 0 Å². The fourth-order valence-corrected chi connectivity index (χ4v) is 2.53. The Morgan fingerprint density at radius 3 is 2.37 bits per heavy atom. The van der Waals surface area contributed by atoms with E-state index in [4.69, 9.17) is 15.2 Å². The summed E-state index contributed by atoms with van der Waals surface area (Å²) in [5.41, 5.74) is 8.00. The number of primary amides is 1. The minimum atomic E-state index is -0.562. The Balaban J connectivity index is 1.76. The Kier molecular flexibility index (Phi) is 5.51. The van der Waals surface area contributed by atoms with E-state index in [0.717, 1.165) is 11.3 Å². The molecule has 27 heavy (non-hydrogen) atoms. The lowest BCUT2D eigenvalue weighted by Crippen LogP contribution is -2.15. The van der Waals surface area contributed by atoms with Gasteiger partial charge in [0.1, 0.15) is 19.0 Å². The van der Waals surface area contributed by atoms with Crippen molar-refractivity contribution in [1.29, 1.82) is 0 Å². The molecule has 0 bridgehead atoms. The van der Waals surface area contributed by atoms with Crippen molar-refractivity contribution in [2.45, 2.75) is 20.1 Å². The molecule has 7 nitrogen and oxygen atoms in total. The van der Waals surface area contributed by atoms with E-state index in [-0.39, 0.29) is 19.2 Å². The van der Waals surface area contributed by atoms with Gasteiger partial charge in [-0.1, -0.05) is 30.3 Å². The van der Waals surface area contributed by atoms with Gasteiger partial charge in [-0.25, -0.2) is 4.68 Å². The van der Waals surface area contributed by atoms with Crippen molar-refractivity contribution >= 4 is 11.9 Å². The molecular weight excluding hydrogens is 346 g/mol. The summed E-state index contributed by atoms with van der Waals surface area (Å²) in [5.74, 6) is -0.284. The fourth-order valence-electron chi connectivity index (χ4n) is 2.53. The van der Waals surface area contributed by atoms with Gasteiger partial charge in [0.15, 0.2) is 0 Å². The van der Waals surface area contributed by atoms with Crippen LogP contribution in [0.25, 0.3) is 5.69 Å². The van der Waals surface area contributed by atoms with Crippen LogP contribution < -0.4 is 10.5 Å². The smallest absolute Gasteiger partial charge is 0.302 e. The number of para-hydroxylation sites is 1. The number of hydrogen-bond acceptors (Lipinski definition) is 5. The summed E-state index contributed by atoms with van der Waals surface area (Å²) in [4.78, 5) is 22.6. The number of nitrogens with two attached hydrogens (primary N) is 1. The number of esters is 1. The molecule has 0 aliphatic carbocycles. The lowest BCUT2D eigenvalue weighted by Gasteiger charge is -2.11. The van der Waals surface area contributed by atoms with Gasteiger partial charge >= 0.3 is 5.97 Å². The number of rotatable bonds is 7. The monoisotopic (exact) mass is 365 g/mol. The van der Waals surface area contributed by atoms with Crippen molar-refractivity contribution in [2.75, 3.05) is 0 Å². The maximum atomic E-state index is 11.7. The van der Waals surface area contributed by atoms with Crippen molar-refractivity contribution in [3.63, 3.8) is 0 Å². The lowest BCUT2D eigenvalue weighted by molar-refractivity contribution is -0.142. The third kappa shape index (κ3) is 4.52. The molecule has 7 heteroatoms. The molecule has 1 amide bonds. The van der Waals surface area contributed by atoms with Gasteiger partial charge in [-0.15, -0.1) is 0 Å². The van der Waals surface area contributed by atoms with Crippen LogP contribution in [-0.4, -0.2) is 21.7 Å². The van der Waals surface area contributed by atoms with E-state index in [1.54, 1.807) is 16.8 Å². The normalized spacial score (nSPS) is 10.4. The fraction of sp³-hybridized carbons (Fsp3) is 0.150. The highest BCUT2D eigenvalue weighted by atomic mass is 16.5. The van der Waals surface area contributed by atoms with Gasteiger partial charge in [-0.3, -0.25) is 9.59 Å². The minimum absolute atomic E-state index is 0.121. The molecule has 1 heterocycles. The van der Waals surface area contributed by atoms with Gasteiger partial charge in [0.05, 0.1) is 23.1 Å². The van der Waals surface area contributed by atoms with Crippen molar-refractivity contribution in [1.82, 2.24) is 9.78 Å². The summed E-state index contributed by atoms with van der Waals surface area (Å²) in [6, 6.07) is 16.6. The highest BCUT2D eigenvalue weighted by molar-refractivity contribution is 5.93. The van der Waals surface area contributed by atoms with Gasteiger partial charge in [0, 0.05) is 6.92 Å². The molecule has 0 unspecified atom stereocenters. The highest BCUT2D eigenvalue weighted by Gasteiger charge is 2.17. The molecule has 3 rings (SSSR count). The first kappa shape index (κ1) is 18.2. The van der Waals surface area contributed by atoms with E-state index in [2.05, 4.69) is 5.10 Å². The molecule has 0 aliphatic rings. The number of hydrogen-bond donors (Lipinski definition) is 1. The zero-order valence-electron chi connectivity index (χ0n) is 14.8. The Hall–Kier alpha value is -3.61. The topological polar surface area (TPSA) is 96.4 Å². The van der Waals surface area contributed by atoms with Crippen LogP contribution in [-0.2, 0) is 22.7 Å². The minimum Gasteiger partial charge on any atom is -0.487 e. The maximum absolute atomic E-state index is 11.7. The molecule has 3 aromatic rings. The summed E-state index contributed by atoms with van der Waals surface area (Å²) >= 11 is 0. The molecule has 0 fully saturated rings. The van der Waals surface area contributed by atoms with E-state index >= 15 is 0 Å². The van der Waals surface area contributed by atoms with Crippen LogP contribution in [0.1, 0.15) is 28.5 Å². The van der Waals surface area contributed by atoms with Gasteiger partial charge in [-0.2, -0.15) is 5.10 Å². The second-order valence-electron chi connectivity index (χ2n) is 5.83. The number of aromatic nitrogens is 2. The van der Waals surface area contributed by atoms with Crippen LogP contribution in [0.2, 0.25) is 0 Å². The predicted molar refractivity (Wildman–Crippen MR) is 98.3 cm³/mol. The van der Waals surface area contributed by atoms with Crippen LogP contribution >= 0.6 is 0 Å². The number of carbonyl (C=O) groups is 2. The average molecular weight is 365 g/mol. The Labute approximate surface area is 156 Å². The van der Waals surface area contributed by atoms with Crippen molar-refractivity contribution < 1.29 is 19.1 Å². The predicted octanol–water partition coefficient (Wildman–Crippen LogP) is 2.61. The first-order valence-electron chi connectivity index (χ1n) is 8.32. The SMILES string of the molecule is CC(=O)OCc1ccc(OCc2c(C(N)=O)cnn2-c2ccccc2)cc1. The first-order valence-corrected chi connectivity index (χ1v) is 8.32. The number of nitrogens with zero attached hydrogens (tertiary/aromatic N) is 2. The van der Waals surface area contributed by atoms with Crippen LogP contribution in [0.15, 0.2) is 60.8 Å². The summed E-state index contributed by atoms with van der Waals surface area (Å²) in [5, 5.41) is 4.26. The Bertz CT molecular complexity index is 934.